The summed E-state index contributed by atoms with van der Waals surface area (Å²) in [5.41, 5.74) is 1.03. The summed E-state index contributed by atoms with van der Waals surface area (Å²) >= 11 is 0. The zero-order chi connectivity index (χ0) is 23.4. The maximum atomic E-state index is 12.5. The molecule has 3 aromatic rings. The zero-order valence-electron chi connectivity index (χ0n) is 18.1. The topological polar surface area (TPSA) is 144 Å². The van der Waals surface area contributed by atoms with Crippen molar-refractivity contribution in [2.75, 3.05) is 20.8 Å². The number of rotatable bonds is 8. The van der Waals surface area contributed by atoms with Crippen molar-refractivity contribution in [2.45, 2.75) is 26.4 Å². The average molecular weight is 444 g/mol. The average Bonchev–Trinajstić information content (AvgIpc) is 3.10. The predicted molar refractivity (Wildman–Crippen MR) is 113 cm³/mol. The maximum absolute atomic E-state index is 12.5. The lowest BCUT2D eigenvalue weighted by atomic mass is 10.1. The largest absolute Gasteiger partial charge is 0.504 e. The number of nitrogens with zero attached hydrogens (tertiary/aromatic N) is 2. The lowest BCUT2D eigenvalue weighted by Gasteiger charge is -2.17. The molecule has 3 N–H and O–H groups in total. The van der Waals surface area contributed by atoms with E-state index in [0.29, 0.717) is 17.0 Å². The first-order valence-electron chi connectivity index (χ1n) is 9.77. The highest BCUT2D eigenvalue weighted by atomic mass is 16.5. The van der Waals surface area contributed by atoms with E-state index in [-0.39, 0.29) is 35.9 Å². The molecule has 0 aliphatic carbocycles. The van der Waals surface area contributed by atoms with Crippen molar-refractivity contribution in [3.8, 4) is 11.5 Å². The fraction of sp³-hybridized carbons (Fsp3) is 0.333. The molecule has 3 rings (SSSR count). The number of aromatic nitrogens is 3. The molecule has 0 aliphatic heterocycles. The van der Waals surface area contributed by atoms with E-state index in [4.69, 9.17) is 14.2 Å². The van der Waals surface area contributed by atoms with Crippen molar-refractivity contribution in [3.05, 3.63) is 57.1 Å². The molecule has 1 aromatic carbocycles. The van der Waals surface area contributed by atoms with Gasteiger partial charge in [-0.2, -0.15) is 0 Å². The normalized spacial score (nSPS) is 11.9. The molecular formula is C21H24N4O7. The Labute approximate surface area is 182 Å². The van der Waals surface area contributed by atoms with Gasteiger partial charge < -0.3 is 19.3 Å². The molecule has 11 nitrogen and oxygen atoms in total. The van der Waals surface area contributed by atoms with E-state index in [1.807, 2.05) is 0 Å². The van der Waals surface area contributed by atoms with Gasteiger partial charge in [0.15, 0.2) is 17.1 Å². The second kappa shape index (κ2) is 9.52. The smallest absolute Gasteiger partial charge is 0.343 e. The number of methoxy groups -OCH3 is 2. The summed E-state index contributed by atoms with van der Waals surface area (Å²) in [6.45, 7) is 3.50. The maximum Gasteiger partial charge on any atom is 0.343 e. The van der Waals surface area contributed by atoms with Crippen molar-refractivity contribution in [2.24, 2.45) is 0 Å². The van der Waals surface area contributed by atoms with Crippen LogP contribution in [-0.2, 0) is 20.8 Å². The summed E-state index contributed by atoms with van der Waals surface area (Å²) in [6, 6.07) is 4.84. The lowest BCUT2D eigenvalue weighted by Crippen LogP contribution is -2.30. The van der Waals surface area contributed by atoms with Crippen LogP contribution in [0.25, 0.3) is 5.65 Å². The number of phenolic OH excluding ortho intramolecular Hbond substituents is 1. The Bertz CT molecular complexity index is 1210. The van der Waals surface area contributed by atoms with Gasteiger partial charge in [-0.05, 0) is 31.5 Å². The standard InChI is InChI=1S/C21H24N4O7/c1-5-32-20(28)17-11(2)24-25-16(27)9-13(23-19(17)25)10-22-18(21(29)31-4)12-6-7-15(30-3)14(26)8-12/h6-9,18,22,24,26H,5,10H2,1-4H3/t18-/m1/s1. The van der Waals surface area contributed by atoms with Crippen molar-refractivity contribution in [1.82, 2.24) is 19.9 Å². The molecule has 0 saturated heterocycles. The highest BCUT2D eigenvalue weighted by molar-refractivity contribution is 5.97. The Balaban J connectivity index is 1.94. The SMILES string of the molecule is CCOC(=O)c1c(C)[nH]n2c(=O)cc(CN[C@@H](C(=O)OC)c3ccc(OC)c(O)c3)nc12. The molecule has 2 heterocycles. The Kier molecular flexibility index (Phi) is 6.79. The molecular weight excluding hydrogens is 420 g/mol. The van der Waals surface area contributed by atoms with Crippen LogP contribution >= 0.6 is 0 Å². The van der Waals surface area contributed by atoms with Crippen LogP contribution in [0.3, 0.4) is 0 Å². The Hall–Kier alpha value is -3.86. The second-order valence-electron chi connectivity index (χ2n) is 6.85. The Morgan fingerprint density at radius 3 is 2.66 bits per heavy atom. The van der Waals surface area contributed by atoms with Gasteiger partial charge in [0.1, 0.15) is 11.6 Å². The number of H-pyrrole nitrogens is 1. The van der Waals surface area contributed by atoms with E-state index in [0.717, 1.165) is 4.52 Å². The molecule has 11 heteroatoms. The van der Waals surface area contributed by atoms with Crippen LogP contribution in [0.5, 0.6) is 11.5 Å². The number of ether oxygens (including phenoxy) is 3. The molecule has 1 atom stereocenters. The molecule has 170 valence electrons. The number of benzene rings is 1. The number of esters is 2. The lowest BCUT2D eigenvalue weighted by molar-refractivity contribution is -0.143. The van der Waals surface area contributed by atoms with Crippen molar-refractivity contribution in [1.29, 1.82) is 0 Å². The van der Waals surface area contributed by atoms with E-state index in [9.17, 15) is 19.5 Å². The molecule has 0 unspecified atom stereocenters. The van der Waals surface area contributed by atoms with Gasteiger partial charge >= 0.3 is 11.9 Å². The molecule has 0 spiro atoms. The number of hydrogen-bond donors (Lipinski definition) is 3. The quantitative estimate of drug-likeness (QED) is 0.437. The van der Waals surface area contributed by atoms with Gasteiger partial charge in [-0.1, -0.05) is 6.07 Å². The van der Waals surface area contributed by atoms with Gasteiger partial charge in [0.2, 0.25) is 0 Å². The summed E-state index contributed by atoms with van der Waals surface area (Å²) in [6.07, 6.45) is 0. The van der Waals surface area contributed by atoms with Gasteiger partial charge in [0.25, 0.3) is 5.56 Å². The number of carbonyl (C=O) groups excluding carboxylic acids is 2. The number of nitrogens with one attached hydrogen (secondary N) is 2. The third-order valence-electron chi connectivity index (χ3n) is 4.79. The van der Waals surface area contributed by atoms with E-state index in [1.165, 1.54) is 32.4 Å². The number of aromatic hydroxyl groups is 1. The fourth-order valence-electron chi connectivity index (χ4n) is 3.28. The third kappa shape index (κ3) is 4.42. The summed E-state index contributed by atoms with van der Waals surface area (Å²) in [5.74, 6) is -1.08. The van der Waals surface area contributed by atoms with Crippen molar-refractivity contribution in [3.63, 3.8) is 0 Å². The van der Waals surface area contributed by atoms with Gasteiger partial charge in [-0.25, -0.2) is 19.1 Å². The van der Waals surface area contributed by atoms with Gasteiger partial charge in [0, 0.05) is 18.3 Å². The van der Waals surface area contributed by atoms with Crippen LogP contribution in [0.2, 0.25) is 0 Å². The van der Waals surface area contributed by atoms with Crippen molar-refractivity contribution >= 4 is 17.6 Å². The number of carbonyl (C=O) groups is 2. The summed E-state index contributed by atoms with van der Waals surface area (Å²) in [5, 5.41) is 15.8. The first kappa shape index (κ1) is 22.8. The summed E-state index contributed by atoms with van der Waals surface area (Å²) < 4.78 is 16.1. The van der Waals surface area contributed by atoms with Crippen LogP contribution in [0.4, 0.5) is 0 Å². The molecule has 0 bridgehead atoms. The van der Waals surface area contributed by atoms with E-state index >= 15 is 0 Å². The van der Waals surface area contributed by atoms with Gasteiger partial charge in [-0.3, -0.25) is 15.2 Å². The van der Waals surface area contributed by atoms with Crippen LogP contribution in [-0.4, -0.2) is 52.5 Å². The van der Waals surface area contributed by atoms with Crippen LogP contribution in [0, 0.1) is 6.92 Å². The first-order valence-corrected chi connectivity index (χ1v) is 9.77. The first-order chi connectivity index (χ1) is 15.3. The third-order valence-corrected chi connectivity index (χ3v) is 4.79. The molecule has 0 aliphatic rings. The summed E-state index contributed by atoms with van der Waals surface area (Å²) in [4.78, 5) is 41.6. The number of fused-ring (bicyclic) bond motifs is 1. The monoisotopic (exact) mass is 444 g/mol. The van der Waals surface area contributed by atoms with Crippen LogP contribution in [0.1, 0.15) is 40.3 Å². The Morgan fingerprint density at radius 2 is 2.03 bits per heavy atom. The van der Waals surface area contributed by atoms with E-state index in [1.54, 1.807) is 19.9 Å². The van der Waals surface area contributed by atoms with Gasteiger partial charge in [-0.15, -0.1) is 0 Å². The van der Waals surface area contributed by atoms with E-state index in [2.05, 4.69) is 15.4 Å². The Morgan fingerprint density at radius 1 is 1.28 bits per heavy atom. The minimum atomic E-state index is -0.949. The predicted octanol–water partition coefficient (Wildman–Crippen LogP) is 1.23. The summed E-state index contributed by atoms with van der Waals surface area (Å²) in [7, 11) is 2.66. The molecule has 32 heavy (non-hydrogen) atoms. The molecule has 0 radical (unpaired) electrons. The molecule has 0 saturated carbocycles. The molecule has 0 fully saturated rings. The zero-order valence-corrected chi connectivity index (χ0v) is 18.1. The number of phenols is 1. The molecule has 0 amide bonds. The minimum Gasteiger partial charge on any atom is -0.504 e. The van der Waals surface area contributed by atoms with Gasteiger partial charge in [0.05, 0.1) is 26.5 Å². The van der Waals surface area contributed by atoms with E-state index < -0.39 is 23.5 Å². The highest BCUT2D eigenvalue weighted by Gasteiger charge is 2.24. The minimum absolute atomic E-state index is 0.00475. The number of hydrogen-bond acceptors (Lipinski definition) is 9. The second-order valence-corrected chi connectivity index (χ2v) is 6.85. The number of aromatic amines is 1. The number of aryl methyl sites for hydroxylation is 1. The highest BCUT2D eigenvalue weighted by Crippen LogP contribution is 2.29. The van der Waals surface area contributed by atoms with Crippen LogP contribution in [0.15, 0.2) is 29.1 Å². The van der Waals surface area contributed by atoms with Crippen molar-refractivity contribution < 1.29 is 28.9 Å². The molecule has 2 aromatic heterocycles. The fourth-order valence-corrected chi connectivity index (χ4v) is 3.28. The van der Waals surface area contributed by atoms with Crippen LogP contribution < -0.4 is 15.6 Å².